The quantitative estimate of drug-likeness (QED) is 0.853. The van der Waals surface area contributed by atoms with Gasteiger partial charge in [-0.2, -0.15) is 0 Å². The van der Waals surface area contributed by atoms with E-state index in [1.807, 2.05) is 23.4 Å². The number of nitrogen functional groups attached to an aromatic ring is 1. The van der Waals surface area contributed by atoms with Crippen molar-refractivity contribution in [3.05, 3.63) is 18.9 Å². The lowest BCUT2D eigenvalue weighted by Gasteiger charge is -2.07. The third-order valence-electron chi connectivity index (χ3n) is 3.05. The van der Waals surface area contributed by atoms with Crippen LogP contribution in [0.3, 0.4) is 0 Å². The molecular weight excluding hydrogens is 226 g/mol. The van der Waals surface area contributed by atoms with Gasteiger partial charge in [-0.25, -0.2) is 9.97 Å². The fraction of sp³-hybridized carbons (Fsp3) is 0.538. The number of aryl methyl sites for hydroxylation is 2. The summed E-state index contributed by atoms with van der Waals surface area (Å²) in [5.74, 6) is 0.737. The zero-order chi connectivity index (χ0) is 13.0. The predicted octanol–water partition coefficient (Wildman–Crippen LogP) is 2.54. The summed E-state index contributed by atoms with van der Waals surface area (Å²) >= 11 is 0. The maximum absolute atomic E-state index is 6.16. The second-order valence-corrected chi connectivity index (χ2v) is 4.50. The van der Waals surface area contributed by atoms with Crippen molar-refractivity contribution in [2.45, 2.75) is 46.2 Å². The van der Waals surface area contributed by atoms with Gasteiger partial charge in [-0.1, -0.05) is 20.3 Å². The Hall–Kier alpha value is -1.78. The first-order valence-electron chi connectivity index (χ1n) is 6.59. The van der Waals surface area contributed by atoms with Crippen molar-refractivity contribution in [1.82, 2.24) is 19.1 Å². The monoisotopic (exact) mass is 247 g/mol. The van der Waals surface area contributed by atoms with Crippen molar-refractivity contribution in [2.75, 3.05) is 5.73 Å². The lowest BCUT2D eigenvalue weighted by molar-refractivity contribution is 0.637. The summed E-state index contributed by atoms with van der Waals surface area (Å²) in [6.07, 6.45) is 8.83. The minimum absolute atomic E-state index is 0.737. The molecule has 0 fully saturated rings. The Morgan fingerprint density at radius 2 is 1.94 bits per heavy atom. The molecule has 2 aromatic heterocycles. The van der Waals surface area contributed by atoms with E-state index in [0.29, 0.717) is 0 Å². The maximum Gasteiger partial charge on any atom is 0.133 e. The topological polar surface area (TPSA) is 61.7 Å². The number of hydrogen-bond acceptors (Lipinski definition) is 3. The van der Waals surface area contributed by atoms with Gasteiger partial charge in [0.2, 0.25) is 0 Å². The van der Waals surface area contributed by atoms with Crippen LogP contribution in [0.2, 0.25) is 0 Å². The van der Waals surface area contributed by atoms with Crippen LogP contribution in [0.4, 0.5) is 5.82 Å². The van der Waals surface area contributed by atoms with Crippen molar-refractivity contribution < 1.29 is 0 Å². The highest BCUT2D eigenvalue weighted by Gasteiger charge is 2.13. The number of hydrogen-bond donors (Lipinski definition) is 1. The minimum Gasteiger partial charge on any atom is -0.383 e. The van der Waals surface area contributed by atoms with Crippen LogP contribution >= 0.6 is 0 Å². The van der Waals surface area contributed by atoms with E-state index < -0.39 is 0 Å². The van der Waals surface area contributed by atoms with E-state index in [1.165, 1.54) is 0 Å². The molecule has 2 aromatic rings. The first-order valence-corrected chi connectivity index (χ1v) is 6.59. The van der Waals surface area contributed by atoms with Gasteiger partial charge in [-0.05, 0) is 12.8 Å². The Balaban J connectivity index is 2.27. The van der Waals surface area contributed by atoms with E-state index in [1.54, 1.807) is 0 Å². The van der Waals surface area contributed by atoms with Gasteiger partial charge in [-0.15, -0.1) is 0 Å². The summed E-state index contributed by atoms with van der Waals surface area (Å²) in [7, 11) is 0. The first kappa shape index (κ1) is 12.7. The lowest BCUT2D eigenvalue weighted by atomic mass is 10.3. The SMILES string of the molecule is CCCCn1cnc(-c2cncn2CCC)c1N. The summed E-state index contributed by atoms with van der Waals surface area (Å²) in [4.78, 5) is 8.62. The smallest absolute Gasteiger partial charge is 0.133 e. The predicted molar refractivity (Wildman–Crippen MR) is 73.1 cm³/mol. The number of aromatic nitrogens is 4. The van der Waals surface area contributed by atoms with Gasteiger partial charge in [-0.3, -0.25) is 0 Å². The molecule has 0 aliphatic rings. The highest BCUT2D eigenvalue weighted by Crippen LogP contribution is 2.24. The zero-order valence-corrected chi connectivity index (χ0v) is 11.1. The summed E-state index contributed by atoms with van der Waals surface area (Å²) < 4.78 is 4.12. The van der Waals surface area contributed by atoms with Gasteiger partial charge < -0.3 is 14.9 Å². The van der Waals surface area contributed by atoms with Crippen molar-refractivity contribution in [1.29, 1.82) is 0 Å². The van der Waals surface area contributed by atoms with E-state index in [4.69, 9.17) is 5.73 Å². The maximum atomic E-state index is 6.16. The standard InChI is InChI=1S/C13H21N5/c1-3-5-7-18-10-16-12(13(18)14)11-8-15-9-17(11)6-4-2/h8-10H,3-7,14H2,1-2H3. The van der Waals surface area contributed by atoms with Gasteiger partial charge in [0.25, 0.3) is 0 Å². The molecule has 0 unspecified atom stereocenters. The molecule has 5 heteroatoms. The van der Waals surface area contributed by atoms with Gasteiger partial charge in [0.15, 0.2) is 0 Å². The molecule has 0 aliphatic heterocycles. The second-order valence-electron chi connectivity index (χ2n) is 4.50. The van der Waals surface area contributed by atoms with Gasteiger partial charge >= 0.3 is 0 Å². The summed E-state index contributed by atoms with van der Waals surface area (Å²) in [5, 5.41) is 0. The average Bonchev–Trinajstić information content (AvgIpc) is 2.94. The normalized spacial score (nSPS) is 11.0. The molecule has 0 saturated carbocycles. The van der Waals surface area contributed by atoms with E-state index in [0.717, 1.165) is 49.6 Å². The second kappa shape index (κ2) is 5.71. The molecule has 0 bridgehead atoms. The van der Waals surface area contributed by atoms with Crippen molar-refractivity contribution in [3.8, 4) is 11.4 Å². The fourth-order valence-electron chi connectivity index (χ4n) is 2.03. The summed E-state index contributed by atoms with van der Waals surface area (Å²) in [6.45, 7) is 6.19. The molecule has 98 valence electrons. The number of unbranched alkanes of at least 4 members (excludes halogenated alkanes) is 1. The molecule has 2 N–H and O–H groups in total. The highest BCUT2D eigenvalue weighted by atomic mass is 15.1. The van der Waals surface area contributed by atoms with Crippen LogP contribution in [-0.2, 0) is 13.1 Å². The van der Waals surface area contributed by atoms with Crippen LogP contribution in [0.25, 0.3) is 11.4 Å². The largest absolute Gasteiger partial charge is 0.383 e. The fourth-order valence-corrected chi connectivity index (χ4v) is 2.03. The molecule has 0 aliphatic carbocycles. The van der Waals surface area contributed by atoms with Gasteiger partial charge in [0.1, 0.15) is 11.5 Å². The molecular formula is C13H21N5. The average molecular weight is 247 g/mol. The number of rotatable bonds is 6. The van der Waals surface area contributed by atoms with E-state index in [2.05, 4.69) is 28.4 Å². The van der Waals surface area contributed by atoms with Crippen LogP contribution in [0.1, 0.15) is 33.1 Å². The Morgan fingerprint density at radius 3 is 2.67 bits per heavy atom. The van der Waals surface area contributed by atoms with Crippen LogP contribution < -0.4 is 5.73 Å². The molecule has 0 spiro atoms. The molecule has 0 aromatic carbocycles. The first-order chi connectivity index (χ1) is 8.77. The van der Waals surface area contributed by atoms with E-state index in [-0.39, 0.29) is 0 Å². The van der Waals surface area contributed by atoms with Crippen molar-refractivity contribution in [2.24, 2.45) is 0 Å². The molecule has 5 nitrogen and oxygen atoms in total. The van der Waals surface area contributed by atoms with Crippen LogP contribution in [0.5, 0.6) is 0 Å². The Kier molecular flexibility index (Phi) is 4.02. The third kappa shape index (κ3) is 2.39. The molecule has 2 heterocycles. The molecule has 2 rings (SSSR count). The minimum atomic E-state index is 0.737. The van der Waals surface area contributed by atoms with Crippen molar-refractivity contribution in [3.63, 3.8) is 0 Å². The van der Waals surface area contributed by atoms with Crippen LogP contribution in [0.15, 0.2) is 18.9 Å². The van der Waals surface area contributed by atoms with E-state index in [9.17, 15) is 0 Å². The highest BCUT2D eigenvalue weighted by molar-refractivity contribution is 5.67. The molecule has 18 heavy (non-hydrogen) atoms. The van der Waals surface area contributed by atoms with Crippen molar-refractivity contribution >= 4 is 5.82 Å². The van der Waals surface area contributed by atoms with Crippen LogP contribution in [0, 0.1) is 0 Å². The number of imidazole rings is 2. The van der Waals surface area contributed by atoms with E-state index >= 15 is 0 Å². The lowest BCUT2D eigenvalue weighted by Crippen LogP contribution is -2.03. The third-order valence-corrected chi connectivity index (χ3v) is 3.05. The molecule has 0 amide bonds. The summed E-state index contributed by atoms with van der Waals surface area (Å²) in [6, 6.07) is 0. The Labute approximate surface area is 108 Å². The number of nitrogens with zero attached hydrogens (tertiary/aromatic N) is 4. The molecule has 0 radical (unpaired) electrons. The zero-order valence-electron chi connectivity index (χ0n) is 11.1. The Bertz CT molecular complexity index is 497. The Morgan fingerprint density at radius 1 is 1.11 bits per heavy atom. The summed E-state index contributed by atoms with van der Waals surface area (Å²) in [5.41, 5.74) is 8.01. The van der Waals surface area contributed by atoms with Gasteiger partial charge in [0.05, 0.1) is 24.5 Å². The molecule has 0 saturated heterocycles. The molecule has 0 atom stereocenters. The van der Waals surface area contributed by atoms with Crippen LogP contribution in [-0.4, -0.2) is 19.1 Å². The van der Waals surface area contributed by atoms with Gasteiger partial charge in [0, 0.05) is 13.1 Å². The number of nitrogens with two attached hydrogens (primary N) is 1. The number of anilines is 1.